The number of rotatable bonds is 7. The van der Waals surface area contributed by atoms with Crippen molar-refractivity contribution in [2.45, 2.75) is 25.4 Å². The van der Waals surface area contributed by atoms with Gasteiger partial charge in [-0.15, -0.1) is 0 Å². The van der Waals surface area contributed by atoms with Gasteiger partial charge in [0.1, 0.15) is 0 Å². The standard InChI is InChI=1S/C13H19NO4/c1-2-13(8-15,9-16)14-7-10-5-3-4-6-11(10)12(17)18/h3-6,14-16H,2,7-9H2,1H3,(H,17,18). The first-order chi connectivity index (χ1) is 8.58. The van der Waals surface area contributed by atoms with Crippen LogP contribution in [0.25, 0.3) is 0 Å². The van der Waals surface area contributed by atoms with Gasteiger partial charge in [-0.3, -0.25) is 0 Å². The largest absolute Gasteiger partial charge is 0.478 e. The number of carboxylic acids is 1. The maximum absolute atomic E-state index is 11.0. The van der Waals surface area contributed by atoms with Gasteiger partial charge in [-0.25, -0.2) is 4.79 Å². The third kappa shape index (κ3) is 3.29. The number of aromatic carboxylic acids is 1. The summed E-state index contributed by atoms with van der Waals surface area (Å²) < 4.78 is 0. The van der Waals surface area contributed by atoms with Crippen molar-refractivity contribution in [3.05, 3.63) is 35.4 Å². The summed E-state index contributed by atoms with van der Waals surface area (Å²) in [6.07, 6.45) is 0.551. The minimum absolute atomic E-state index is 0.199. The van der Waals surface area contributed by atoms with Crippen LogP contribution >= 0.6 is 0 Å². The molecule has 0 heterocycles. The number of aliphatic hydroxyl groups is 2. The molecule has 0 unspecified atom stereocenters. The fourth-order valence-electron chi connectivity index (χ4n) is 1.68. The van der Waals surface area contributed by atoms with E-state index in [4.69, 9.17) is 5.11 Å². The fourth-order valence-corrected chi connectivity index (χ4v) is 1.68. The van der Waals surface area contributed by atoms with Crippen molar-refractivity contribution in [2.24, 2.45) is 0 Å². The molecule has 0 aliphatic rings. The van der Waals surface area contributed by atoms with E-state index in [1.807, 2.05) is 6.92 Å². The van der Waals surface area contributed by atoms with Gasteiger partial charge in [0.15, 0.2) is 0 Å². The second kappa shape index (κ2) is 6.49. The summed E-state index contributed by atoms with van der Waals surface area (Å²) in [7, 11) is 0. The van der Waals surface area contributed by atoms with Gasteiger partial charge in [0.05, 0.1) is 24.3 Å². The number of carbonyl (C=O) groups is 1. The lowest BCUT2D eigenvalue weighted by atomic mass is 9.97. The number of hydrogen-bond donors (Lipinski definition) is 4. The third-order valence-corrected chi connectivity index (χ3v) is 3.18. The Morgan fingerprint density at radius 1 is 1.28 bits per heavy atom. The van der Waals surface area contributed by atoms with Crippen LogP contribution in [0.3, 0.4) is 0 Å². The van der Waals surface area contributed by atoms with Gasteiger partial charge in [-0.1, -0.05) is 25.1 Å². The molecule has 18 heavy (non-hydrogen) atoms. The van der Waals surface area contributed by atoms with E-state index in [0.717, 1.165) is 0 Å². The van der Waals surface area contributed by atoms with Crippen molar-refractivity contribution < 1.29 is 20.1 Å². The summed E-state index contributed by atoms with van der Waals surface area (Å²) in [5.41, 5.74) is 0.0848. The molecule has 1 rings (SSSR count). The quantitative estimate of drug-likeness (QED) is 0.571. The Hall–Kier alpha value is -1.43. The van der Waals surface area contributed by atoms with Gasteiger partial charge in [0.2, 0.25) is 0 Å². The minimum Gasteiger partial charge on any atom is -0.478 e. The Morgan fingerprint density at radius 2 is 1.89 bits per heavy atom. The Labute approximate surface area is 106 Å². The predicted octanol–water partition coefficient (Wildman–Crippen LogP) is 0.608. The van der Waals surface area contributed by atoms with E-state index >= 15 is 0 Å². The molecule has 0 spiro atoms. The van der Waals surface area contributed by atoms with Crippen LogP contribution in [0.5, 0.6) is 0 Å². The van der Waals surface area contributed by atoms with E-state index < -0.39 is 11.5 Å². The summed E-state index contributed by atoms with van der Waals surface area (Å²) in [6, 6.07) is 6.67. The Bertz CT molecular complexity index is 393. The zero-order valence-corrected chi connectivity index (χ0v) is 10.4. The van der Waals surface area contributed by atoms with Crippen LogP contribution < -0.4 is 5.32 Å². The van der Waals surface area contributed by atoms with Crippen molar-refractivity contribution in [3.63, 3.8) is 0 Å². The molecule has 1 aromatic rings. The van der Waals surface area contributed by atoms with Gasteiger partial charge >= 0.3 is 5.97 Å². The molecule has 5 nitrogen and oxygen atoms in total. The SMILES string of the molecule is CCC(CO)(CO)NCc1ccccc1C(=O)O. The predicted molar refractivity (Wildman–Crippen MR) is 67.4 cm³/mol. The molecule has 0 atom stereocenters. The van der Waals surface area contributed by atoms with Crippen LogP contribution in [-0.2, 0) is 6.54 Å². The van der Waals surface area contributed by atoms with Crippen LogP contribution in [0.4, 0.5) is 0 Å². The van der Waals surface area contributed by atoms with Gasteiger partial charge in [-0.2, -0.15) is 0 Å². The molecule has 5 heteroatoms. The average molecular weight is 253 g/mol. The number of carboxylic acid groups (broad SMARTS) is 1. The Balaban J connectivity index is 2.83. The van der Waals surface area contributed by atoms with E-state index in [1.54, 1.807) is 18.2 Å². The number of aliphatic hydroxyl groups excluding tert-OH is 2. The topological polar surface area (TPSA) is 89.8 Å². The molecule has 0 aliphatic carbocycles. The van der Waals surface area contributed by atoms with Gasteiger partial charge in [-0.05, 0) is 18.1 Å². The highest BCUT2D eigenvalue weighted by atomic mass is 16.4. The summed E-state index contributed by atoms with van der Waals surface area (Å²) >= 11 is 0. The van der Waals surface area contributed by atoms with E-state index in [2.05, 4.69) is 5.32 Å². The van der Waals surface area contributed by atoms with E-state index in [0.29, 0.717) is 12.0 Å². The maximum Gasteiger partial charge on any atom is 0.336 e. The molecule has 4 N–H and O–H groups in total. The lowest BCUT2D eigenvalue weighted by Gasteiger charge is -2.30. The highest BCUT2D eigenvalue weighted by Crippen LogP contribution is 2.13. The summed E-state index contributed by atoms with van der Waals surface area (Å²) in [6.45, 7) is 1.74. The Morgan fingerprint density at radius 3 is 2.39 bits per heavy atom. The van der Waals surface area contributed by atoms with Crippen LogP contribution in [0, 0.1) is 0 Å². The first-order valence-corrected chi connectivity index (χ1v) is 5.86. The third-order valence-electron chi connectivity index (χ3n) is 3.18. The average Bonchev–Trinajstić information content (AvgIpc) is 2.41. The van der Waals surface area contributed by atoms with Crippen LogP contribution in [0.15, 0.2) is 24.3 Å². The molecule has 0 amide bonds. The molecule has 0 aliphatic heterocycles. The number of benzene rings is 1. The fraction of sp³-hybridized carbons (Fsp3) is 0.462. The van der Waals surface area contributed by atoms with Crippen LogP contribution in [-0.4, -0.2) is 40.0 Å². The molecule has 0 bridgehead atoms. The summed E-state index contributed by atoms with van der Waals surface area (Å²) in [4.78, 5) is 11.0. The Kier molecular flexibility index (Phi) is 5.27. The minimum atomic E-state index is -0.984. The summed E-state index contributed by atoms with van der Waals surface area (Å²) in [5, 5.41) is 30.7. The molecule has 0 fully saturated rings. The van der Waals surface area contributed by atoms with E-state index in [-0.39, 0.29) is 25.3 Å². The molecular weight excluding hydrogens is 234 g/mol. The molecule has 100 valence electrons. The highest BCUT2D eigenvalue weighted by molar-refractivity contribution is 5.89. The molecule has 0 saturated carbocycles. The second-order valence-electron chi connectivity index (χ2n) is 4.27. The number of hydrogen-bond acceptors (Lipinski definition) is 4. The zero-order valence-electron chi connectivity index (χ0n) is 10.4. The van der Waals surface area contributed by atoms with Crippen LogP contribution in [0.2, 0.25) is 0 Å². The highest BCUT2D eigenvalue weighted by Gasteiger charge is 2.26. The van der Waals surface area contributed by atoms with Crippen molar-refractivity contribution in [2.75, 3.05) is 13.2 Å². The first-order valence-electron chi connectivity index (χ1n) is 5.86. The molecule has 0 aromatic heterocycles. The van der Waals surface area contributed by atoms with Crippen molar-refractivity contribution in [1.82, 2.24) is 5.32 Å². The van der Waals surface area contributed by atoms with Gasteiger partial charge in [0.25, 0.3) is 0 Å². The molecule has 0 saturated heterocycles. The van der Waals surface area contributed by atoms with E-state index in [1.165, 1.54) is 6.07 Å². The lowest BCUT2D eigenvalue weighted by molar-refractivity contribution is 0.0693. The van der Waals surface area contributed by atoms with Gasteiger partial charge in [0, 0.05) is 6.54 Å². The summed E-state index contributed by atoms with van der Waals surface area (Å²) in [5.74, 6) is -0.984. The van der Waals surface area contributed by atoms with Crippen molar-refractivity contribution in [1.29, 1.82) is 0 Å². The number of nitrogens with one attached hydrogen (secondary N) is 1. The molecular formula is C13H19NO4. The molecule has 0 radical (unpaired) electrons. The molecule has 1 aromatic carbocycles. The zero-order chi connectivity index (χ0) is 13.6. The van der Waals surface area contributed by atoms with E-state index in [9.17, 15) is 15.0 Å². The van der Waals surface area contributed by atoms with Crippen molar-refractivity contribution >= 4 is 5.97 Å². The van der Waals surface area contributed by atoms with Crippen molar-refractivity contribution in [3.8, 4) is 0 Å². The smallest absolute Gasteiger partial charge is 0.336 e. The first kappa shape index (κ1) is 14.6. The normalized spacial score (nSPS) is 11.5. The lowest BCUT2D eigenvalue weighted by Crippen LogP contribution is -2.50. The monoisotopic (exact) mass is 253 g/mol. The van der Waals surface area contributed by atoms with Gasteiger partial charge < -0.3 is 20.6 Å². The second-order valence-corrected chi connectivity index (χ2v) is 4.27. The maximum atomic E-state index is 11.0. The van der Waals surface area contributed by atoms with Crippen LogP contribution in [0.1, 0.15) is 29.3 Å².